The summed E-state index contributed by atoms with van der Waals surface area (Å²) < 4.78 is 5.16. The molecule has 0 saturated carbocycles. The van der Waals surface area contributed by atoms with Crippen LogP contribution < -0.4 is 10.6 Å². The van der Waals surface area contributed by atoms with Gasteiger partial charge in [0, 0.05) is 26.2 Å². The zero-order valence-corrected chi connectivity index (χ0v) is 20.0. The van der Waals surface area contributed by atoms with Crippen molar-refractivity contribution in [3.8, 4) is 0 Å². The van der Waals surface area contributed by atoms with Gasteiger partial charge in [-0.3, -0.25) is 14.6 Å². The molecule has 0 spiro atoms. The van der Waals surface area contributed by atoms with Crippen LogP contribution in [0.5, 0.6) is 0 Å². The highest BCUT2D eigenvalue weighted by atomic mass is 127. The summed E-state index contributed by atoms with van der Waals surface area (Å²) in [7, 11) is 0. The van der Waals surface area contributed by atoms with Gasteiger partial charge in [-0.05, 0) is 38.8 Å². The van der Waals surface area contributed by atoms with Gasteiger partial charge in [0.15, 0.2) is 5.96 Å². The first-order chi connectivity index (χ1) is 13.6. The van der Waals surface area contributed by atoms with Gasteiger partial charge in [0.2, 0.25) is 0 Å². The molecule has 1 aromatic carbocycles. The van der Waals surface area contributed by atoms with Crippen molar-refractivity contribution >= 4 is 53.4 Å². The Morgan fingerprint density at radius 2 is 2.03 bits per heavy atom. The van der Waals surface area contributed by atoms with Crippen LogP contribution in [0.4, 0.5) is 0 Å². The standard InChI is InChI=1S/C20H29ClN4O3.HI/c1-3-22-20(25-13-7-8-15(14-25)19(27)28-4-2)24-12-11-23-18(26)16-9-5-6-10-17(16)21;/h5-6,9-10,15H,3-4,7-8,11-14H2,1-2H3,(H,22,24)(H,23,26);1H. The summed E-state index contributed by atoms with van der Waals surface area (Å²) >= 11 is 6.04. The maximum absolute atomic E-state index is 12.2. The van der Waals surface area contributed by atoms with Crippen LogP contribution in [0.15, 0.2) is 29.3 Å². The van der Waals surface area contributed by atoms with E-state index in [9.17, 15) is 9.59 Å². The Hall–Kier alpha value is -1.55. The Morgan fingerprint density at radius 1 is 1.28 bits per heavy atom. The Balaban J connectivity index is 0.00000420. The molecule has 0 aromatic heterocycles. The van der Waals surface area contributed by atoms with Crippen molar-refractivity contribution in [3.05, 3.63) is 34.9 Å². The number of piperidine rings is 1. The van der Waals surface area contributed by atoms with Crippen molar-refractivity contribution in [1.82, 2.24) is 15.5 Å². The summed E-state index contributed by atoms with van der Waals surface area (Å²) in [6.45, 7) is 7.21. The third kappa shape index (κ3) is 8.00. The van der Waals surface area contributed by atoms with Gasteiger partial charge in [-0.1, -0.05) is 23.7 Å². The van der Waals surface area contributed by atoms with Gasteiger partial charge in [0.05, 0.1) is 29.7 Å². The first kappa shape index (κ1) is 25.5. The fourth-order valence-corrected chi connectivity index (χ4v) is 3.34. The minimum atomic E-state index is -0.217. The molecule has 1 aliphatic rings. The van der Waals surface area contributed by atoms with Crippen molar-refractivity contribution in [3.63, 3.8) is 0 Å². The molecule has 1 unspecified atom stereocenters. The maximum atomic E-state index is 12.2. The molecule has 0 bridgehead atoms. The topological polar surface area (TPSA) is 83.0 Å². The summed E-state index contributed by atoms with van der Waals surface area (Å²) in [5.41, 5.74) is 0.452. The number of ether oxygens (including phenoxy) is 1. The lowest BCUT2D eigenvalue weighted by Crippen LogP contribution is -2.48. The van der Waals surface area contributed by atoms with E-state index < -0.39 is 0 Å². The van der Waals surface area contributed by atoms with Gasteiger partial charge < -0.3 is 20.3 Å². The number of likely N-dealkylation sites (tertiary alicyclic amines) is 1. The number of benzene rings is 1. The summed E-state index contributed by atoms with van der Waals surface area (Å²) in [5, 5.41) is 6.52. The van der Waals surface area contributed by atoms with E-state index in [1.165, 1.54) is 0 Å². The molecule has 1 saturated heterocycles. The molecule has 1 aromatic rings. The molecule has 7 nitrogen and oxygen atoms in total. The number of hydrogen-bond donors (Lipinski definition) is 2. The van der Waals surface area contributed by atoms with Crippen LogP contribution in [-0.4, -0.2) is 62.1 Å². The van der Waals surface area contributed by atoms with Crippen LogP contribution >= 0.6 is 35.6 Å². The summed E-state index contributed by atoms with van der Waals surface area (Å²) in [4.78, 5) is 30.9. The number of carbonyl (C=O) groups is 2. The fourth-order valence-electron chi connectivity index (χ4n) is 3.12. The van der Waals surface area contributed by atoms with Gasteiger partial charge in [-0.15, -0.1) is 24.0 Å². The van der Waals surface area contributed by atoms with Gasteiger partial charge >= 0.3 is 5.97 Å². The Bertz CT molecular complexity index is 702. The number of guanidine groups is 1. The molecule has 162 valence electrons. The second-order valence-corrected chi connectivity index (χ2v) is 6.92. The van der Waals surface area contributed by atoms with Gasteiger partial charge in [0.1, 0.15) is 0 Å². The van der Waals surface area contributed by atoms with Crippen LogP contribution in [0, 0.1) is 5.92 Å². The van der Waals surface area contributed by atoms with Crippen LogP contribution in [-0.2, 0) is 9.53 Å². The zero-order chi connectivity index (χ0) is 20.4. The maximum Gasteiger partial charge on any atom is 0.310 e. The van der Waals surface area contributed by atoms with E-state index in [-0.39, 0.29) is 41.8 Å². The highest BCUT2D eigenvalue weighted by molar-refractivity contribution is 14.0. The first-order valence-corrected chi connectivity index (χ1v) is 10.2. The van der Waals surface area contributed by atoms with Crippen molar-refractivity contribution in [2.24, 2.45) is 10.9 Å². The van der Waals surface area contributed by atoms with Crippen molar-refractivity contribution in [1.29, 1.82) is 0 Å². The number of amides is 1. The number of esters is 1. The van der Waals surface area contributed by atoms with Gasteiger partial charge in [-0.2, -0.15) is 0 Å². The molecule has 0 radical (unpaired) electrons. The minimum Gasteiger partial charge on any atom is -0.466 e. The van der Waals surface area contributed by atoms with E-state index in [2.05, 4.69) is 20.5 Å². The quantitative estimate of drug-likeness (QED) is 0.184. The van der Waals surface area contributed by atoms with Crippen molar-refractivity contribution in [2.45, 2.75) is 26.7 Å². The van der Waals surface area contributed by atoms with E-state index in [4.69, 9.17) is 16.3 Å². The molecule has 2 N–H and O–H groups in total. The molecule has 1 amide bonds. The molecule has 0 aliphatic carbocycles. The lowest BCUT2D eigenvalue weighted by atomic mass is 9.98. The lowest BCUT2D eigenvalue weighted by molar-refractivity contribution is -0.149. The van der Waals surface area contributed by atoms with E-state index >= 15 is 0 Å². The summed E-state index contributed by atoms with van der Waals surface area (Å²) in [6.07, 6.45) is 1.75. The molecule has 1 fully saturated rings. The van der Waals surface area contributed by atoms with E-state index in [1.54, 1.807) is 24.3 Å². The average molecular weight is 537 g/mol. The monoisotopic (exact) mass is 536 g/mol. The number of rotatable bonds is 7. The molecule has 2 rings (SSSR count). The van der Waals surface area contributed by atoms with Crippen molar-refractivity contribution < 1.29 is 14.3 Å². The predicted octanol–water partition coefficient (Wildman–Crippen LogP) is 2.93. The van der Waals surface area contributed by atoms with Crippen LogP contribution in [0.25, 0.3) is 0 Å². The smallest absolute Gasteiger partial charge is 0.310 e. The zero-order valence-electron chi connectivity index (χ0n) is 16.9. The van der Waals surface area contributed by atoms with Crippen LogP contribution in [0.3, 0.4) is 0 Å². The highest BCUT2D eigenvalue weighted by Crippen LogP contribution is 2.18. The van der Waals surface area contributed by atoms with E-state index in [1.807, 2.05) is 13.8 Å². The number of nitrogens with one attached hydrogen (secondary N) is 2. The van der Waals surface area contributed by atoms with E-state index in [0.29, 0.717) is 36.8 Å². The third-order valence-corrected chi connectivity index (χ3v) is 4.78. The van der Waals surface area contributed by atoms with Crippen LogP contribution in [0.2, 0.25) is 5.02 Å². The minimum absolute atomic E-state index is 0. The van der Waals surface area contributed by atoms with Crippen LogP contribution in [0.1, 0.15) is 37.0 Å². The number of aliphatic imine (C=N–C) groups is 1. The van der Waals surface area contributed by atoms with Gasteiger partial charge in [-0.25, -0.2) is 0 Å². The second-order valence-electron chi connectivity index (χ2n) is 6.51. The second kappa shape index (κ2) is 13.6. The summed E-state index contributed by atoms with van der Waals surface area (Å²) in [5.74, 6) is 0.266. The Morgan fingerprint density at radius 3 is 2.72 bits per heavy atom. The van der Waals surface area contributed by atoms with Crippen molar-refractivity contribution in [2.75, 3.05) is 39.3 Å². The molecular weight excluding hydrogens is 507 g/mol. The lowest BCUT2D eigenvalue weighted by Gasteiger charge is -2.34. The number of halogens is 2. The number of nitrogens with zero attached hydrogens (tertiary/aromatic N) is 2. The molecule has 1 heterocycles. The molecule has 29 heavy (non-hydrogen) atoms. The first-order valence-electron chi connectivity index (χ1n) is 9.79. The molecule has 1 atom stereocenters. The van der Waals surface area contributed by atoms with E-state index in [0.717, 1.165) is 31.9 Å². The SMILES string of the molecule is CCNC(=NCCNC(=O)c1ccccc1Cl)N1CCCC(C(=O)OCC)C1.I. The molecule has 1 aliphatic heterocycles. The largest absolute Gasteiger partial charge is 0.466 e. The highest BCUT2D eigenvalue weighted by Gasteiger charge is 2.28. The number of hydrogen-bond acceptors (Lipinski definition) is 4. The fraction of sp³-hybridized carbons (Fsp3) is 0.550. The predicted molar refractivity (Wildman–Crippen MR) is 126 cm³/mol. The average Bonchev–Trinajstić information content (AvgIpc) is 2.70. The Labute approximate surface area is 194 Å². The Kier molecular flexibility index (Phi) is 12.0. The molecule has 9 heteroatoms. The van der Waals surface area contributed by atoms with Gasteiger partial charge in [0.25, 0.3) is 5.91 Å². The third-order valence-electron chi connectivity index (χ3n) is 4.45. The normalized spacial score (nSPS) is 16.6. The number of carbonyl (C=O) groups excluding carboxylic acids is 2. The summed E-state index contributed by atoms with van der Waals surface area (Å²) in [6, 6.07) is 6.94. The molecular formula is C20H30ClIN4O3.